The SMILES string of the molecule is CCCC(CCC)N(CCOCCOCCOCCOC)C(C)=O. The molecule has 0 spiro atoms. The molecule has 0 aromatic rings. The number of hydrogen-bond acceptors (Lipinski definition) is 5. The fourth-order valence-electron chi connectivity index (χ4n) is 2.57. The first-order valence-corrected chi connectivity index (χ1v) is 9.16. The van der Waals surface area contributed by atoms with Gasteiger partial charge in [0.25, 0.3) is 0 Å². The molecular formula is C18H37NO5. The number of carbonyl (C=O) groups excluding carboxylic acids is 1. The number of hydrogen-bond donors (Lipinski definition) is 0. The van der Waals surface area contributed by atoms with Gasteiger partial charge in [-0.1, -0.05) is 26.7 Å². The van der Waals surface area contributed by atoms with Crippen LogP contribution in [-0.4, -0.2) is 76.8 Å². The monoisotopic (exact) mass is 347 g/mol. The maximum Gasteiger partial charge on any atom is 0.219 e. The molecule has 0 saturated carbocycles. The second-order valence-electron chi connectivity index (χ2n) is 5.77. The van der Waals surface area contributed by atoms with E-state index in [2.05, 4.69) is 13.8 Å². The maximum atomic E-state index is 11.9. The van der Waals surface area contributed by atoms with Crippen molar-refractivity contribution >= 4 is 5.91 Å². The van der Waals surface area contributed by atoms with Gasteiger partial charge in [-0.2, -0.15) is 0 Å². The van der Waals surface area contributed by atoms with Crippen LogP contribution in [0.4, 0.5) is 0 Å². The Hall–Kier alpha value is -0.690. The van der Waals surface area contributed by atoms with Gasteiger partial charge in [0.2, 0.25) is 5.91 Å². The topological polar surface area (TPSA) is 57.2 Å². The Morgan fingerprint density at radius 1 is 0.833 bits per heavy atom. The molecule has 1 amide bonds. The Bertz CT molecular complexity index is 283. The van der Waals surface area contributed by atoms with E-state index in [-0.39, 0.29) is 5.91 Å². The number of amides is 1. The summed E-state index contributed by atoms with van der Waals surface area (Å²) >= 11 is 0. The third-order valence-electron chi connectivity index (χ3n) is 3.74. The number of nitrogens with zero attached hydrogens (tertiary/aromatic N) is 1. The average Bonchev–Trinajstić information content (AvgIpc) is 2.55. The lowest BCUT2D eigenvalue weighted by atomic mass is 10.0. The third-order valence-corrected chi connectivity index (χ3v) is 3.74. The molecule has 0 bridgehead atoms. The molecule has 0 aliphatic carbocycles. The molecule has 0 aliphatic rings. The largest absolute Gasteiger partial charge is 0.382 e. The van der Waals surface area contributed by atoms with E-state index >= 15 is 0 Å². The molecule has 24 heavy (non-hydrogen) atoms. The molecule has 0 rings (SSSR count). The van der Waals surface area contributed by atoms with Crippen molar-refractivity contribution in [3.8, 4) is 0 Å². The predicted molar refractivity (Wildman–Crippen MR) is 95.3 cm³/mol. The van der Waals surface area contributed by atoms with E-state index in [0.717, 1.165) is 25.7 Å². The van der Waals surface area contributed by atoms with Gasteiger partial charge in [0, 0.05) is 26.6 Å². The summed E-state index contributed by atoms with van der Waals surface area (Å²) < 4.78 is 21.2. The molecule has 0 radical (unpaired) electrons. The second-order valence-corrected chi connectivity index (χ2v) is 5.77. The van der Waals surface area contributed by atoms with Crippen molar-refractivity contribution in [2.45, 2.75) is 52.5 Å². The minimum atomic E-state index is 0.134. The van der Waals surface area contributed by atoms with Crippen molar-refractivity contribution < 1.29 is 23.7 Å². The molecule has 0 fully saturated rings. The summed E-state index contributed by atoms with van der Waals surface area (Å²) in [6.45, 7) is 10.6. The standard InChI is InChI=1S/C18H37NO5/c1-5-7-18(8-6-2)19(17(3)20)9-10-22-13-14-24-16-15-23-12-11-21-4/h18H,5-16H2,1-4H3. The van der Waals surface area contributed by atoms with E-state index in [1.807, 2.05) is 4.90 Å². The number of carbonyl (C=O) groups is 1. The van der Waals surface area contributed by atoms with Gasteiger partial charge in [-0.15, -0.1) is 0 Å². The Kier molecular flexibility index (Phi) is 16.7. The van der Waals surface area contributed by atoms with Crippen LogP contribution in [0.2, 0.25) is 0 Å². The Morgan fingerprint density at radius 3 is 1.71 bits per heavy atom. The predicted octanol–water partition coefficient (Wildman–Crippen LogP) is 2.50. The van der Waals surface area contributed by atoms with Crippen molar-refractivity contribution in [1.82, 2.24) is 4.90 Å². The van der Waals surface area contributed by atoms with Gasteiger partial charge in [-0.05, 0) is 12.8 Å². The summed E-state index contributed by atoms with van der Waals surface area (Å²) in [5.74, 6) is 0.134. The summed E-state index contributed by atoms with van der Waals surface area (Å²) in [7, 11) is 1.65. The van der Waals surface area contributed by atoms with Crippen LogP contribution >= 0.6 is 0 Å². The highest BCUT2D eigenvalue weighted by Crippen LogP contribution is 2.13. The molecule has 0 heterocycles. The van der Waals surface area contributed by atoms with Gasteiger partial charge in [0.15, 0.2) is 0 Å². The first kappa shape index (κ1) is 23.3. The molecule has 144 valence electrons. The molecule has 0 saturated heterocycles. The Labute approximate surface area is 147 Å². The summed E-state index contributed by atoms with van der Waals surface area (Å²) in [5, 5.41) is 0. The number of rotatable bonds is 17. The van der Waals surface area contributed by atoms with Gasteiger partial charge in [-0.3, -0.25) is 4.79 Å². The third kappa shape index (κ3) is 12.7. The fraction of sp³-hybridized carbons (Fsp3) is 0.944. The van der Waals surface area contributed by atoms with Crippen molar-refractivity contribution in [1.29, 1.82) is 0 Å². The quantitative estimate of drug-likeness (QED) is 0.378. The summed E-state index contributed by atoms with van der Waals surface area (Å²) in [5.41, 5.74) is 0. The molecule has 0 unspecified atom stereocenters. The van der Waals surface area contributed by atoms with Crippen LogP contribution in [0.1, 0.15) is 46.5 Å². The lowest BCUT2D eigenvalue weighted by Gasteiger charge is -2.30. The van der Waals surface area contributed by atoms with Crippen molar-refractivity contribution in [2.24, 2.45) is 0 Å². The van der Waals surface area contributed by atoms with Crippen molar-refractivity contribution in [3.05, 3.63) is 0 Å². The minimum absolute atomic E-state index is 0.134. The van der Waals surface area contributed by atoms with Crippen LogP contribution in [0, 0.1) is 0 Å². The van der Waals surface area contributed by atoms with Crippen molar-refractivity contribution in [2.75, 3.05) is 59.9 Å². The normalized spacial score (nSPS) is 11.2. The zero-order valence-corrected chi connectivity index (χ0v) is 16.1. The fourth-order valence-corrected chi connectivity index (χ4v) is 2.57. The first-order chi connectivity index (χ1) is 11.7. The molecule has 0 N–H and O–H groups in total. The summed E-state index contributed by atoms with van der Waals surface area (Å²) in [4.78, 5) is 13.8. The maximum absolute atomic E-state index is 11.9. The highest BCUT2D eigenvalue weighted by atomic mass is 16.6. The molecule has 0 aliphatic heterocycles. The molecule has 6 nitrogen and oxygen atoms in total. The van der Waals surface area contributed by atoms with Crippen LogP contribution in [0.3, 0.4) is 0 Å². The lowest BCUT2D eigenvalue weighted by Crippen LogP contribution is -2.41. The zero-order chi connectivity index (χ0) is 18.0. The summed E-state index contributed by atoms with van der Waals surface area (Å²) in [6, 6.07) is 0.335. The Morgan fingerprint density at radius 2 is 1.29 bits per heavy atom. The molecule has 0 atom stereocenters. The van der Waals surface area contributed by atoms with Gasteiger partial charge in [0.1, 0.15) is 0 Å². The van der Waals surface area contributed by atoms with Gasteiger partial charge < -0.3 is 23.8 Å². The first-order valence-electron chi connectivity index (χ1n) is 9.16. The van der Waals surface area contributed by atoms with E-state index in [0.29, 0.717) is 58.8 Å². The second kappa shape index (κ2) is 17.1. The van der Waals surface area contributed by atoms with Crippen LogP contribution in [0.25, 0.3) is 0 Å². The molecular weight excluding hydrogens is 310 g/mol. The highest BCUT2D eigenvalue weighted by molar-refractivity contribution is 5.73. The lowest BCUT2D eigenvalue weighted by molar-refractivity contribution is -0.132. The molecule has 6 heteroatoms. The summed E-state index contributed by atoms with van der Waals surface area (Å²) in [6.07, 6.45) is 4.30. The van der Waals surface area contributed by atoms with Gasteiger partial charge in [0.05, 0.1) is 46.2 Å². The van der Waals surface area contributed by atoms with E-state index < -0.39 is 0 Å². The van der Waals surface area contributed by atoms with Crippen LogP contribution < -0.4 is 0 Å². The van der Waals surface area contributed by atoms with Crippen LogP contribution in [0.15, 0.2) is 0 Å². The molecule has 0 aromatic heterocycles. The van der Waals surface area contributed by atoms with Crippen LogP contribution in [-0.2, 0) is 23.7 Å². The van der Waals surface area contributed by atoms with Gasteiger partial charge in [-0.25, -0.2) is 0 Å². The van der Waals surface area contributed by atoms with E-state index in [1.165, 1.54) is 0 Å². The molecule has 0 aromatic carbocycles. The average molecular weight is 347 g/mol. The van der Waals surface area contributed by atoms with Crippen LogP contribution in [0.5, 0.6) is 0 Å². The zero-order valence-electron chi connectivity index (χ0n) is 16.1. The Balaban J connectivity index is 3.72. The van der Waals surface area contributed by atoms with Gasteiger partial charge >= 0.3 is 0 Å². The van der Waals surface area contributed by atoms with E-state index in [4.69, 9.17) is 18.9 Å². The van der Waals surface area contributed by atoms with Crippen molar-refractivity contribution in [3.63, 3.8) is 0 Å². The van der Waals surface area contributed by atoms with E-state index in [9.17, 15) is 4.79 Å². The number of ether oxygens (including phenoxy) is 4. The van der Waals surface area contributed by atoms with E-state index in [1.54, 1.807) is 14.0 Å². The highest BCUT2D eigenvalue weighted by Gasteiger charge is 2.19. The number of methoxy groups -OCH3 is 1. The minimum Gasteiger partial charge on any atom is -0.382 e. The smallest absolute Gasteiger partial charge is 0.219 e.